The van der Waals surface area contributed by atoms with Gasteiger partial charge < -0.3 is 24.1 Å². The van der Waals surface area contributed by atoms with Gasteiger partial charge in [0.15, 0.2) is 0 Å². The van der Waals surface area contributed by atoms with Crippen molar-refractivity contribution in [3.63, 3.8) is 0 Å². The van der Waals surface area contributed by atoms with Gasteiger partial charge in [0.05, 0.1) is 44.6 Å². The summed E-state index contributed by atoms with van der Waals surface area (Å²) in [5.41, 5.74) is -0.0523. The molecule has 0 aliphatic carbocycles. The van der Waals surface area contributed by atoms with Crippen molar-refractivity contribution in [2.45, 2.75) is 45.2 Å². The molecule has 5 rings (SSSR count). The summed E-state index contributed by atoms with van der Waals surface area (Å²) in [5.74, 6) is -1.09. The van der Waals surface area contributed by atoms with E-state index in [0.29, 0.717) is 10.6 Å². The number of thiophene rings is 1. The Balaban J connectivity index is 1.66. The third-order valence-electron chi connectivity index (χ3n) is 7.51. The fourth-order valence-electron chi connectivity index (χ4n) is 5.15. The van der Waals surface area contributed by atoms with Crippen molar-refractivity contribution in [1.29, 1.82) is 0 Å². The number of carbonyl (C=O) groups is 1. The van der Waals surface area contributed by atoms with Crippen molar-refractivity contribution >= 4 is 27.5 Å². The molecule has 0 saturated heterocycles. The smallest absolute Gasteiger partial charge is 0.333 e. The number of halogens is 1. The second-order valence-corrected chi connectivity index (χ2v) is 11.7. The average molecular weight is 668 g/mol. The summed E-state index contributed by atoms with van der Waals surface area (Å²) in [6.45, 7) is 2.53. The first-order chi connectivity index (χ1) is 22.6. The van der Waals surface area contributed by atoms with E-state index in [1.807, 2.05) is 6.07 Å². The molecule has 2 unspecified atom stereocenters. The van der Waals surface area contributed by atoms with Crippen molar-refractivity contribution in [1.82, 2.24) is 24.1 Å². The Kier molecular flexibility index (Phi) is 10.6. The molecular formula is C32H34FN5O8S. The van der Waals surface area contributed by atoms with Gasteiger partial charge in [0.25, 0.3) is 5.56 Å². The Morgan fingerprint density at radius 2 is 1.79 bits per heavy atom. The molecule has 47 heavy (non-hydrogen) atoms. The number of benzene rings is 2. The summed E-state index contributed by atoms with van der Waals surface area (Å²) in [6.07, 6.45) is 0.860. The number of hydrogen-bond donors (Lipinski definition) is 1. The van der Waals surface area contributed by atoms with Crippen molar-refractivity contribution in [2.75, 3.05) is 27.4 Å². The molecule has 3 aromatic heterocycles. The molecule has 2 aromatic carbocycles. The summed E-state index contributed by atoms with van der Waals surface area (Å²) in [4.78, 5) is 43.2. The molecule has 0 bridgehead atoms. The van der Waals surface area contributed by atoms with Gasteiger partial charge in [-0.25, -0.2) is 18.5 Å². The van der Waals surface area contributed by atoms with E-state index in [1.54, 1.807) is 31.2 Å². The molecule has 0 aliphatic heterocycles. The SMILES string of the molecule is COCC(O)CO[C@@H](Cn1c(=O)n(C(C)C(=O)OCc2ccccc2)c(=O)c2c(C)c(-n3nccn3)sc21)c1cc(F)ccc1OC. The van der Waals surface area contributed by atoms with E-state index < -0.39 is 41.3 Å². The number of aryl methyl sites for hydroxylation is 1. The van der Waals surface area contributed by atoms with Crippen molar-refractivity contribution in [2.24, 2.45) is 0 Å². The topological polar surface area (TPSA) is 149 Å². The number of aromatic nitrogens is 5. The first kappa shape index (κ1) is 33.7. The number of esters is 1. The minimum Gasteiger partial charge on any atom is -0.496 e. The predicted octanol–water partition coefficient (Wildman–Crippen LogP) is 3.33. The Morgan fingerprint density at radius 3 is 2.47 bits per heavy atom. The van der Waals surface area contributed by atoms with Crippen LogP contribution in [0.25, 0.3) is 15.2 Å². The number of aliphatic hydroxyl groups is 1. The van der Waals surface area contributed by atoms with E-state index in [2.05, 4.69) is 10.2 Å². The van der Waals surface area contributed by atoms with Crippen LogP contribution in [0.2, 0.25) is 0 Å². The van der Waals surface area contributed by atoms with Gasteiger partial charge in [-0.2, -0.15) is 10.2 Å². The summed E-state index contributed by atoms with van der Waals surface area (Å²) in [5, 5.41) is 19.4. The molecule has 248 valence electrons. The maximum Gasteiger partial charge on any atom is 0.333 e. The van der Waals surface area contributed by atoms with Crippen LogP contribution >= 0.6 is 11.3 Å². The van der Waals surface area contributed by atoms with E-state index in [1.165, 1.54) is 61.1 Å². The predicted molar refractivity (Wildman–Crippen MR) is 170 cm³/mol. The van der Waals surface area contributed by atoms with E-state index >= 15 is 0 Å². The van der Waals surface area contributed by atoms with E-state index in [-0.39, 0.29) is 47.9 Å². The number of nitrogens with zero attached hydrogens (tertiary/aromatic N) is 5. The highest BCUT2D eigenvalue weighted by atomic mass is 32.1. The number of carbonyl (C=O) groups excluding carboxylic acids is 1. The molecule has 1 N–H and O–H groups in total. The number of rotatable bonds is 14. The maximum atomic E-state index is 14.6. The van der Waals surface area contributed by atoms with Crippen LogP contribution in [0.4, 0.5) is 4.39 Å². The molecule has 3 heterocycles. The molecule has 15 heteroatoms. The molecule has 0 saturated carbocycles. The van der Waals surface area contributed by atoms with E-state index in [4.69, 9.17) is 18.9 Å². The zero-order chi connectivity index (χ0) is 33.7. The van der Waals surface area contributed by atoms with Crippen LogP contribution in [0.3, 0.4) is 0 Å². The van der Waals surface area contributed by atoms with Gasteiger partial charge in [0, 0.05) is 18.2 Å². The van der Waals surface area contributed by atoms with Gasteiger partial charge in [-0.15, -0.1) is 4.80 Å². The number of hydrogen-bond acceptors (Lipinski definition) is 11. The lowest BCUT2D eigenvalue weighted by atomic mass is 10.1. The van der Waals surface area contributed by atoms with E-state index in [9.17, 15) is 23.9 Å². The van der Waals surface area contributed by atoms with E-state index in [0.717, 1.165) is 21.5 Å². The quantitative estimate of drug-likeness (QED) is 0.175. The highest BCUT2D eigenvalue weighted by molar-refractivity contribution is 7.21. The molecular weight excluding hydrogens is 633 g/mol. The summed E-state index contributed by atoms with van der Waals surface area (Å²) in [6, 6.07) is 11.5. The molecule has 5 aromatic rings. The zero-order valence-corrected chi connectivity index (χ0v) is 27.0. The molecule has 0 radical (unpaired) electrons. The first-order valence-corrected chi connectivity index (χ1v) is 15.4. The third-order valence-corrected chi connectivity index (χ3v) is 8.79. The van der Waals surface area contributed by atoms with Gasteiger partial charge in [0.1, 0.15) is 46.3 Å². The maximum absolute atomic E-state index is 14.6. The molecule has 0 amide bonds. The van der Waals surface area contributed by atoms with Gasteiger partial charge in [0.2, 0.25) is 0 Å². The van der Waals surface area contributed by atoms with Gasteiger partial charge in [-0.3, -0.25) is 9.36 Å². The highest BCUT2D eigenvalue weighted by Gasteiger charge is 2.30. The van der Waals surface area contributed by atoms with Crippen LogP contribution in [-0.2, 0) is 32.2 Å². The molecule has 3 atom stereocenters. The van der Waals surface area contributed by atoms with Gasteiger partial charge >= 0.3 is 11.7 Å². The number of fused-ring (bicyclic) bond motifs is 1. The Hall–Kier alpha value is -4.70. The van der Waals surface area contributed by atoms with Crippen molar-refractivity contribution in [3.05, 3.63) is 104 Å². The van der Waals surface area contributed by atoms with Gasteiger partial charge in [-0.1, -0.05) is 41.7 Å². The minimum absolute atomic E-state index is 0.0327. The normalized spacial score (nSPS) is 13.4. The Morgan fingerprint density at radius 1 is 1.06 bits per heavy atom. The Bertz CT molecular complexity index is 1960. The first-order valence-electron chi connectivity index (χ1n) is 14.6. The monoisotopic (exact) mass is 667 g/mol. The Labute approximate surface area is 272 Å². The second-order valence-electron chi connectivity index (χ2n) is 10.7. The van der Waals surface area contributed by atoms with Crippen LogP contribution in [0.1, 0.15) is 35.8 Å². The summed E-state index contributed by atoms with van der Waals surface area (Å²) < 4.78 is 38.8. The van der Waals surface area contributed by atoms with Gasteiger partial charge in [-0.05, 0) is 37.6 Å². The number of ether oxygens (including phenoxy) is 4. The number of aliphatic hydroxyl groups excluding tert-OH is 1. The van der Waals surface area contributed by atoms with Crippen LogP contribution in [0.5, 0.6) is 5.75 Å². The standard InChI is InChI=1S/C32H34FN5O8S/c1-19-27-28(40)37(20(2)31(41)46-16-21-8-6-5-7-9-21)32(42)36(30(27)47-29(19)38-34-12-13-35-38)15-26(45-18-23(39)17-43-3)24-14-22(33)10-11-25(24)44-4/h5-14,20,23,26,39H,15-18H2,1-4H3/t20?,23?,26-/m0/s1. The molecule has 0 aliphatic rings. The highest BCUT2D eigenvalue weighted by Crippen LogP contribution is 2.34. The lowest BCUT2D eigenvalue weighted by Gasteiger charge is -2.24. The van der Waals surface area contributed by atoms with Crippen LogP contribution in [-0.4, -0.2) is 68.7 Å². The minimum atomic E-state index is -1.31. The van der Waals surface area contributed by atoms with Crippen molar-refractivity contribution in [3.8, 4) is 10.8 Å². The van der Waals surface area contributed by atoms with Crippen LogP contribution < -0.4 is 16.0 Å². The number of methoxy groups -OCH3 is 2. The molecule has 0 spiro atoms. The second kappa shape index (κ2) is 14.8. The fourth-order valence-corrected chi connectivity index (χ4v) is 6.37. The zero-order valence-electron chi connectivity index (χ0n) is 26.2. The lowest BCUT2D eigenvalue weighted by molar-refractivity contribution is -0.148. The molecule has 0 fully saturated rings. The van der Waals surface area contributed by atoms with Crippen LogP contribution in [0.15, 0.2) is 70.5 Å². The van der Waals surface area contributed by atoms with Crippen LogP contribution in [0, 0.1) is 12.7 Å². The third kappa shape index (κ3) is 7.17. The largest absolute Gasteiger partial charge is 0.496 e. The average Bonchev–Trinajstić information content (AvgIpc) is 3.72. The van der Waals surface area contributed by atoms with Crippen molar-refractivity contribution < 1.29 is 33.2 Å². The fraction of sp³-hybridized carbons (Fsp3) is 0.344. The summed E-state index contributed by atoms with van der Waals surface area (Å²) in [7, 11) is 2.83. The molecule has 13 nitrogen and oxygen atoms in total. The summed E-state index contributed by atoms with van der Waals surface area (Å²) >= 11 is 1.10. The lowest BCUT2D eigenvalue weighted by Crippen LogP contribution is -2.44.